The van der Waals surface area contributed by atoms with Gasteiger partial charge in [0.05, 0.1) is 23.9 Å². The van der Waals surface area contributed by atoms with Gasteiger partial charge in [-0.3, -0.25) is 0 Å². The van der Waals surface area contributed by atoms with Gasteiger partial charge < -0.3 is 14.8 Å². The Morgan fingerprint density at radius 3 is 2.80 bits per heavy atom. The van der Waals surface area contributed by atoms with E-state index in [0.717, 1.165) is 6.07 Å². The van der Waals surface area contributed by atoms with E-state index in [1.807, 2.05) is 6.07 Å². The number of benzene rings is 1. The number of carbonyl (C=O) groups is 1. The SMILES string of the molecule is Cc1oc(CNc2ccc(C#N)cc2F)cc1C(=O)O. The number of halogens is 1. The summed E-state index contributed by atoms with van der Waals surface area (Å²) in [5.41, 5.74) is 0.534. The van der Waals surface area contributed by atoms with Crippen molar-refractivity contribution in [1.29, 1.82) is 5.26 Å². The second-order valence-electron chi connectivity index (χ2n) is 4.15. The lowest BCUT2D eigenvalue weighted by Crippen LogP contribution is -2.01. The summed E-state index contributed by atoms with van der Waals surface area (Å²) in [7, 11) is 0. The molecular formula is C14H11FN2O3. The summed E-state index contributed by atoms with van der Waals surface area (Å²) in [6, 6.07) is 7.29. The highest BCUT2D eigenvalue weighted by molar-refractivity contribution is 5.88. The van der Waals surface area contributed by atoms with Crippen LogP contribution in [0.5, 0.6) is 0 Å². The van der Waals surface area contributed by atoms with E-state index < -0.39 is 11.8 Å². The molecule has 1 aromatic heterocycles. The summed E-state index contributed by atoms with van der Waals surface area (Å²) in [4.78, 5) is 10.9. The fraction of sp³-hybridized carbons (Fsp3) is 0.143. The molecule has 20 heavy (non-hydrogen) atoms. The fourth-order valence-electron chi connectivity index (χ4n) is 1.75. The third kappa shape index (κ3) is 2.78. The molecule has 0 fully saturated rings. The number of nitrogens with zero attached hydrogens (tertiary/aromatic N) is 1. The van der Waals surface area contributed by atoms with Crippen molar-refractivity contribution < 1.29 is 18.7 Å². The maximum atomic E-state index is 13.6. The molecule has 0 spiro atoms. The first-order valence-electron chi connectivity index (χ1n) is 5.77. The number of rotatable bonds is 4. The second-order valence-corrected chi connectivity index (χ2v) is 4.15. The molecule has 0 saturated heterocycles. The zero-order chi connectivity index (χ0) is 14.7. The summed E-state index contributed by atoms with van der Waals surface area (Å²) < 4.78 is 18.9. The molecule has 0 radical (unpaired) electrons. The highest BCUT2D eigenvalue weighted by Gasteiger charge is 2.13. The average molecular weight is 274 g/mol. The van der Waals surface area contributed by atoms with Crippen LogP contribution < -0.4 is 5.32 Å². The monoisotopic (exact) mass is 274 g/mol. The second kappa shape index (κ2) is 5.45. The molecule has 0 bridgehead atoms. The standard InChI is InChI=1S/C14H11FN2O3/c1-8-11(14(18)19)5-10(20-8)7-17-13-3-2-9(6-16)4-12(13)15/h2-5,17H,7H2,1H3,(H,18,19). The Kier molecular flexibility index (Phi) is 3.71. The van der Waals surface area contributed by atoms with Crippen LogP contribution >= 0.6 is 0 Å². The quantitative estimate of drug-likeness (QED) is 0.895. The van der Waals surface area contributed by atoms with Gasteiger partial charge in [-0.05, 0) is 31.2 Å². The molecule has 0 aliphatic carbocycles. The number of furan rings is 1. The van der Waals surface area contributed by atoms with Gasteiger partial charge in [0.1, 0.15) is 22.9 Å². The molecule has 5 nitrogen and oxygen atoms in total. The zero-order valence-corrected chi connectivity index (χ0v) is 10.6. The van der Waals surface area contributed by atoms with Crippen LogP contribution in [0.2, 0.25) is 0 Å². The molecule has 1 heterocycles. The molecule has 0 aliphatic heterocycles. The van der Waals surface area contributed by atoms with Crippen LogP contribution in [0.3, 0.4) is 0 Å². The van der Waals surface area contributed by atoms with E-state index in [1.54, 1.807) is 6.92 Å². The molecule has 0 aliphatic rings. The van der Waals surface area contributed by atoms with E-state index in [2.05, 4.69) is 5.32 Å². The van der Waals surface area contributed by atoms with Crippen LogP contribution in [0.1, 0.15) is 27.4 Å². The third-order valence-electron chi connectivity index (χ3n) is 2.75. The van der Waals surface area contributed by atoms with Crippen molar-refractivity contribution in [2.24, 2.45) is 0 Å². The minimum absolute atomic E-state index is 0.0853. The number of aromatic carboxylic acids is 1. The minimum Gasteiger partial charge on any atom is -0.478 e. The van der Waals surface area contributed by atoms with Gasteiger partial charge in [-0.25, -0.2) is 9.18 Å². The summed E-state index contributed by atoms with van der Waals surface area (Å²) in [5, 5.41) is 20.3. The predicted octanol–water partition coefficient (Wildman–Crippen LogP) is 2.91. The van der Waals surface area contributed by atoms with Crippen molar-refractivity contribution >= 4 is 11.7 Å². The first-order chi connectivity index (χ1) is 9.51. The molecule has 2 rings (SSSR count). The molecule has 0 amide bonds. The van der Waals surface area contributed by atoms with Gasteiger partial charge in [0.25, 0.3) is 0 Å². The Labute approximate surface area is 114 Å². The average Bonchev–Trinajstić information content (AvgIpc) is 2.78. The largest absolute Gasteiger partial charge is 0.478 e. The number of nitrogens with one attached hydrogen (secondary N) is 1. The Morgan fingerprint density at radius 2 is 2.25 bits per heavy atom. The Bertz CT molecular complexity index is 701. The van der Waals surface area contributed by atoms with Crippen molar-refractivity contribution in [2.45, 2.75) is 13.5 Å². The van der Waals surface area contributed by atoms with Crippen LogP contribution in [0.4, 0.5) is 10.1 Å². The summed E-state index contributed by atoms with van der Waals surface area (Å²) in [6.45, 7) is 1.70. The normalized spacial score (nSPS) is 10.1. The van der Waals surface area contributed by atoms with Gasteiger partial charge in [0.15, 0.2) is 0 Å². The van der Waals surface area contributed by atoms with Gasteiger partial charge in [0, 0.05) is 0 Å². The van der Waals surface area contributed by atoms with Crippen molar-refractivity contribution in [3.05, 3.63) is 52.7 Å². The van der Waals surface area contributed by atoms with E-state index >= 15 is 0 Å². The lowest BCUT2D eigenvalue weighted by molar-refractivity contribution is 0.0695. The number of anilines is 1. The number of hydrogen-bond acceptors (Lipinski definition) is 4. The maximum absolute atomic E-state index is 13.6. The summed E-state index contributed by atoms with van der Waals surface area (Å²) >= 11 is 0. The molecule has 2 aromatic rings. The Morgan fingerprint density at radius 1 is 1.50 bits per heavy atom. The van der Waals surface area contributed by atoms with Crippen LogP contribution in [0.25, 0.3) is 0 Å². The first-order valence-corrected chi connectivity index (χ1v) is 5.77. The van der Waals surface area contributed by atoms with Crippen molar-refractivity contribution in [1.82, 2.24) is 0 Å². The maximum Gasteiger partial charge on any atom is 0.339 e. The molecule has 0 saturated carbocycles. The third-order valence-corrected chi connectivity index (χ3v) is 2.75. The molecule has 0 unspecified atom stereocenters. The van der Waals surface area contributed by atoms with E-state index in [0.29, 0.717) is 11.5 Å². The van der Waals surface area contributed by atoms with Gasteiger partial charge in [-0.1, -0.05) is 0 Å². The molecule has 1 aromatic carbocycles. The van der Waals surface area contributed by atoms with Crippen molar-refractivity contribution in [3.8, 4) is 6.07 Å². The predicted molar refractivity (Wildman–Crippen MR) is 68.8 cm³/mol. The Hall–Kier alpha value is -2.81. The molecule has 102 valence electrons. The van der Waals surface area contributed by atoms with E-state index in [-0.39, 0.29) is 23.4 Å². The van der Waals surface area contributed by atoms with Gasteiger partial charge in [-0.2, -0.15) is 5.26 Å². The first kappa shape index (κ1) is 13.6. The molecular weight excluding hydrogens is 263 g/mol. The van der Waals surface area contributed by atoms with Crippen molar-refractivity contribution in [3.63, 3.8) is 0 Å². The van der Waals surface area contributed by atoms with Gasteiger partial charge in [0.2, 0.25) is 0 Å². The van der Waals surface area contributed by atoms with Crippen LogP contribution in [0, 0.1) is 24.1 Å². The van der Waals surface area contributed by atoms with E-state index in [4.69, 9.17) is 14.8 Å². The number of carboxylic acids is 1. The number of aryl methyl sites for hydroxylation is 1. The Balaban J connectivity index is 2.11. The number of hydrogen-bond donors (Lipinski definition) is 2. The molecule has 2 N–H and O–H groups in total. The summed E-state index contributed by atoms with van der Waals surface area (Å²) in [5.74, 6) is -0.925. The summed E-state index contributed by atoms with van der Waals surface area (Å²) in [6.07, 6.45) is 0. The minimum atomic E-state index is -1.07. The van der Waals surface area contributed by atoms with Crippen LogP contribution in [-0.2, 0) is 6.54 Å². The van der Waals surface area contributed by atoms with Crippen LogP contribution in [0.15, 0.2) is 28.7 Å². The highest BCUT2D eigenvalue weighted by Crippen LogP contribution is 2.19. The van der Waals surface area contributed by atoms with Crippen molar-refractivity contribution in [2.75, 3.05) is 5.32 Å². The van der Waals surface area contributed by atoms with E-state index in [1.165, 1.54) is 18.2 Å². The zero-order valence-electron chi connectivity index (χ0n) is 10.6. The lowest BCUT2D eigenvalue weighted by atomic mass is 10.2. The van der Waals surface area contributed by atoms with Crippen LogP contribution in [-0.4, -0.2) is 11.1 Å². The smallest absolute Gasteiger partial charge is 0.339 e. The van der Waals surface area contributed by atoms with Gasteiger partial charge >= 0.3 is 5.97 Å². The lowest BCUT2D eigenvalue weighted by Gasteiger charge is -2.05. The van der Waals surface area contributed by atoms with Gasteiger partial charge in [-0.15, -0.1) is 0 Å². The topological polar surface area (TPSA) is 86.3 Å². The highest BCUT2D eigenvalue weighted by atomic mass is 19.1. The number of carboxylic acid groups (broad SMARTS) is 1. The number of nitriles is 1. The molecule has 0 atom stereocenters. The fourth-order valence-corrected chi connectivity index (χ4v) is 1.75. The molecule has 6 heteroatoms. The van der Waals surface area contributed by atoms with E-state index in [9.17, 15) is 9.18 Å².